The predicted molar refractivity (Wildman–Crippen MR) is 81.6 cm³/mol. The third kappa shape index (κ3) is 2.59. The second kappa shape index (κ2) is 5.20. The highest BCUT2D eigenvalue weighted by atomic mass is 79.9. The normalized spacial score (nSPS) is 18.4. The van der Waals surface area contributed by atoms with Crippen LogP contribution in [0.3, 0.4) is 0 Å². The fourth-order valence-electron chi connectivity index (χ4n) is 2.58. The summed E-state index contributed by atoms with van der Waals surface area (Å²) in [6.07, 6.45) is 0. The van der Waals surface area contributed by atoms with Gasteiger partial charge < -0.3 is 9.80 Å². The van der Waals surface area contributed by atoms with Crippen molar-refractivity contribution in [1.29, 1.82) is 0 Å². The standard InChI is InChI=1S/C15H19BrN2O2/c1-10-7-11(9-12(16)8-10)13(19)18-6-5-17(4)14(20)15(18,2)3/h7-9H,5-6H2,1-4H3. The van der Waals surface area contributed by atoms with Gasteiger partial charge in [-0.1, -0.05) is 15.9 Å². The molecule has 20 heavy (non-hydrogen) atoms. The molecule has 1 fully saturated rings. The minimum atomic E-state index is -0.805. The van der Waals surface area contributed by atoms with Crippen LogP contribution in [0.15, 0.2) is 22.7 Å². The Morgan fingerprint density at radius 1 is 1.25 bits per heavy atom. The summed E-state index contributed by atoms with van der Waals surface area (Å²) in [4.78, 5) is 28.3. The van der Waals surface area contributed by atoms with Crippen LogP contribution < -0.4 is 0 Å². The van der Waals surface area contributed by atoms with Crippen molar-refractivity contribution in [3.05, 3.63) is 33.8 Å². The van der Waals surface area contributed by atoms with Crippen LogP contribution in [0.2, 0.25) is 0 Å². The molecule has 0 aromatic heterocycles. The number of piperazine rings is 1. The summed E-state index contributed by atoms with van der Waals surface area (Å²) in [5, 5.41) is 0. The molecule has 1 saturated heterocycles. The van der Waals surface area contributed by atoms with E-state index in [0.717, 1.165) is 10.0 Å². The summed E-state index contributed by atoms with van der Waals surface area (Å²) in [6, 6.07) is 5.61. The van der Waals surface area contributed by atoms with E-state index in [2.05, 4.69) is 15.9 Å². The number of carbonyl (C=O) groups is 2. The molecular formula is C15H19BrN2O2. The second-order valence-electron chi connectivity index (χ2n) is 5.76. The van der Waals surface area contributed by atoms with E-state index in [1.807, 2.05) is 19.1 Å². The highest BCUT2D eigenvalue weighted by Gasteiger charge is 2.43. The van der Waals surface area contributed by atoms with E-state index in [4.69, 9.17) is 0 Å². The monoisotopic (exact) mass is 338 g/mol. The van der Waals surface area contributed by atoms with E-state index in [0.29, 0.717) is 18.7 Å². The number of halogens is 1. The molecule has 108 valence electrons. The zero-order valence-corrected chi connectivity index (χ0v) is 13.8. The molecule has 2 amide bonds. The van der Waals surface area contributed by atoms with Crippen LogP contribution in [0, 0.1) is 6.92 Å². The molecule has 0 N–H and O–H groups in total. The summed E-state index contributed by atoms with van der Waals surface area (Å²) < 4.78 is 0.874. The molecule has 0 unspecified atom stereocenters. The molecule has 0 radical (unpaired) electrons. The number of benzene rings is 1. The van der Waals surface area contributed by atoms with E-state index >= 15 is 0 Å². The van der Waals surface area contributed by atoms with Crippen molar-refractivity contribution >= 4 is 27.7 Å². The Bertz CT molecular complexity index is 549. The van der Waals surface area contributed by atoms with Gasteiger partial charge in [-0.2, -0.15) is 0 Å². The van der Waals surface area contributed by atoms with E-state index in [9.17, 15) is 9.59 Å². The van der Waals surface area contributed by atoms with Gasteiger partial charge in [0.25, 0.3) is 5.91 Å². The molecule has 4 nitrogen and oxygen atoms in total. The maximum atomic E-state index is 12.7. The van der Waals surface area contributed by atoms with Crippen LogP contribution >= 0.6 is 15.9 Å². The molecular weight excluding hydrogens is 320 g/mol. The van der Waals surface area contributed by atoms with Gasteiger partial charge in [0.05, 0.1) is 0 Å². The van der Waals surface area contributed by atoms with Gasteiger partial charge in [-0.25, -0.2) is 0 Å². The average Bonchev–Trinajstić information content (AvgIpc) is 2.34. The molecule has 2 rings (SSSR count). The number of amides is 2. The SMILES string of the molecule is Cc1cc(Br)cc(C(=O)N2CCN(C)C(=O)C2(C)C)c1. The van der Waals surface area contributed by atoms with E-state index in [-0.39, 0.29) is 11.8 Å². The van der Waals surface area contributed by atoms with Crippen LogP contribution in [0.4, 0.5) is 0 Å². The lowest BCUT2D eigenvalue weighted by atomic mass is 9.96. The Balaban J connectivity index is 2.35. The molecule has 5 heteroatoms. The van der Waals surface area contributed by atoms with Crippen molar-refractivity contribution in [2.75, 3.05) is 20.1 Å². The van der Waals surface area contributed by atoms with Crippen LogP contribution in [-0.4, -0.2) is 47.3 Å². The van der Waals surface area contributed by atoms with Gasteiger partial charge in [0, 0.05) is 30.2 Å². The quantitative estimate of drug-likeness (QED) is 0.789. The minimum absolute atomic E-state index is 0.0242. The Labute approximate surface area is 127 Å². The number of aryl methyl sites for hydroxylation is 1. The van der Waals surface area contributed by atoms with Gasteiger partial charge in [0.15, 0.2) is 0 Å². The molecule has 1 heterocycles. The smallest absolute Gasteiger partial charge is 0.254 e. The molecule has 1 aromatic carbocycles. The van der Waals surface area contributed by atoms with Crippen molar-refractivity contribution in [2.45, 2.75) is 26.3 Å². The average molecular weight is 339 g/mol. The first-order valence-corrected chi connectivity index (χ1v) is 7.37. The maximum Gasteiger partial charge on any atom is 0.254 e. The molecule has 0 spiro atoms. The van der Waals surface area contributed by atoms with E-state index in [1.165, 1.54) is 0 Å². The number of hydrogen-bond donors (Lipinski definition) is 0. The van der Waals surface area contributed by atoms with E-state index < -0.39 is 5.54 Å². The van der Waals surface area contributed by atoms with Gasteiger partial charge in [0.2, 0.25) is 5.91 Å². The zero-order chi connectivity index (χ0) is 15.1. The Kier molecular flexibility index (Phi) is 3.91. The predicted octanol–water partition coefficient (Wildman–Crippen LogP) is 2.45. The highest BCUT2D eigenvalue weighted by molar-refractivity contribution is 9.10. The van der Waals surface area contributed by atoms with Crippen molar-refractivity contribution in [3.63, 3.8) is 0 Å². The van der Waals surface area contributed by atoms with Gasteiger partial charge in [-0.15, -0.1) is 0 Å². The topological polar surface area (TPSA) is 40.6 Å². The number of hydrogen-bond acceptors (Lipinski definition) is 2. The fourth-order valence-corrected chi connectivity index (χ4v) is 3.19. The molecule has 0 atom stereocenters. The lowest BCUT2D eigenvalue weighted by Gasteiger charge is -2.44. The fraction of sp³-hybridized carbons (Fsp3) is 0.467. The van der Waals surface area contributed by atoms with Crippen molar-refractivity contribution < 1.29 is 9.59 Å². The summed E-state index contributed by atoms with van der Waals surface area (Å²) in [6.45, 7) is 6.67. The highest BCUT2D eigenvalue weighted by Crippen LogP contribution is 2.25. The number of nitrogens with zero attached hydrogens (tertiary/aromatic N) is 2. The third-order valence-electron chi connectivity index (χ3n) is 3.74. The Morgan fingerprint density at radius 3 is 2.50 bits per heavy atom. The van der Waals surface area contributed by atoms with Crippen molar-refractivity contribution in [2.24, 2.45) is 0 Å². The number of rotatable bonds is 1. The number of carbonyl (C=O) groups excluding carboxylic acids is 2. The van der Waals surface area contributed by atoms with Gasteiger partial charge in [0.1, 0.15) is 5.54 Å². The van der Waals surface area contributed by atoms with Gasteiger partial charge in [-0.05, 0) is 44.5 Å². The van der Waals surface area contributed by atoms with Crippen molar-refractivity contribution in [3.8, 4) is 0 Å². The van der Waals surface area contributed by atoms with Crippen LogP contribution in [0.5, 0.6) is 0 Å². The summed E-state index contributed by atoms with van der Waals surface area (Å²) >= 11 is 3.41. The lowest BCUT2D eigenvalue weighted by Crippen LogP contribution is -2.63. The summed E-state index contributed by atoms with van der Waals surface area (Å²) in [7, 11) is 1.77. The molecule has 0 aliphatic carbocycles. The van der Waals surface area contributed by atoms with Gasteiger partial charge in [-0.3, -0.25) is 9.59 Å². The molecule has 1 aliphatic rings. The summed E-state index contributed by atoms with van der Waals surface area (Å²) in [5.41, 5.74) is 0.823. The van der Waals surface area contributed by atoms with Gasteiger partial charge >= 0.3 is 0 Å². The second-order valence-corrected chi connectivity index (χ2v) is 6.68. The molecule has 0 saturated carbocycles. The first kappa shape index (κ1) is 15.0. The Hall–Kier alpha value is -1.36. The van der Waals surface area contributed by atoms with Crippen LogP contribution in [-0.2, 0) is 4.79 Å². The van der Waals surface area contributed by atoms with Crippen LogP contribution in [0.1, 0.15) is 29.8 Å². The molecule has 0 bridgehead atoms. The number of likely N-dealkylation sites (N-methyl/N-ethyl adjacent to an activating group) is 1. The molecule has 1 aromatic rings. The van der Waals surface area contributed by atoms with Crippen molar-refractivity contribution in [1.82, 2.24) is 9.80 Å². The minimum Gasteiger partial charge on any atom is -0.342 e. The lowest BCUT2D eigenvalue weighted by molar-refractivity contribution is -0.144. The zero-order valence-electron chi connectivity index (χ0n) is 12.2. The third-order valence-corrected chi connectivity index (χ3v) is 4.20. The summed E-state index contributed by atoms with van der Waals surface area (Å²) in [5.74, 6) is -0.121. The maximum absolute atomic E-state index is 12.7. The molecule has 1 aliphatic heterocycles. The van der Waals surface area contributed by atoms with E-state index in [1.54, 1.807) is 36.8 Å². The largest absolute Gasteiger partial charge is 0.342 e. The first-order chi connectivity index (χ1) is 9.23. The first-order valence-electron chi connectivity index (χ1n) is 6.58. The Morgan fingerprint density at radius 2 is 1.90 bits per heavy atom. The van der Waals surface area contributed by atoms with Crippen LogP contribution in [0.25, 0.3) is 0 Å².